The lowest BCUT2D eigenvalue weighted by Gasteiger charge is -2.21. The predicted octanol–water partition coefficient (Wildman–Crippen LogP) is 5.43. The average molecular weight is 461 g/mol. The van der Waals surface area contributed by atoms with Gasteiger partial charge in [0.2, 0.25) is 0 Å². The van der Waals surface area contributed by atoms with Crippen molar-refractivity contribution in [3.05, 3.63) is 56.7 Å². The molecule has 3 rings (SSSR count). The number of hydrogen-bond acceptors (Lipinski definition) is 5. The molecule has 8 heteroatoms. The summed E-state index contributed by atoms with van der Waals surface area (Å²) >= 11 is 7.02. The lowest BCUT2D eigenvalue weighted by Crippen LogP contribution is -2.37. The van der Waals surface area contributed by atoms with E-state index in [-0.39, 0.29) is 4.91 Å². The van der Waals surface area contributed by atoms with Crippen LogP contribution in [0.5, 0.6) is 0 Å². The Morgan fingerprint density at radius 3 is 2.48 bits per heavy atom. The highest BCUT2D eigenvalue weighted by Gasteiger charge is 2.37. The van der Waals surface area contributed by atoms with Crippen LogP contribution in [0.2, 0.25) is 5.02 Å². The zero-order chi connectivity index (χ0) is 23.1. The number of imide groups is 1. The summed E-state index contributed by atoms with van der Waals surface area (Å²) in [6.45, 7) is 10.7. The van der Waals surface area contributed by atoms with Crippen LogP contribution in [0.3, 0.4) is 0 Å². The smallest absolute Gasteiger partial charge is 0.326 e. The van der Waals surface area contributed by atoms with E-state index in [9.17, 15) is 14.4 Å². The number of thioether (sulfide) groups is 1. The first-order chi connectivity index (χ1) is 14.4. The van der Waals surface area contributed by atoms with E-state index in [0.29, 0.717) is 5.02 Å². The van der Waals surface area contributed by atoms with Gasteiger partial charge in [-0.3, -0.25) is 19.3 Å². The molecule has 0 spiro atoms. The Morgan fingerprint density at radius 1 is 1.16 bits per heavy atom. The fourth-order valence-electron chi connectivity index (χ4n) is 3.41. The molecule has 1 saturated heterocycles. The largest absolute Gasteiger partial charge is 0.459 e. The second-order valence-corrected chi connectivity index (χ2v) is 9.88. The summed E-state index contributed by atoms with van der Waals surface area (Å²) in [6, 6.07) is 7.65. The van der Waals surface area contributed by atoms with E-state index in [4.69, 9.17) is 16.3 Å². The maximum absolute atomic E-state index is 12.8. The van der Waals surface area contributed by atoms with Crippen LogP contribution >= 0.6 is 23.4 Å². The minimum atomic E-state index is -0.690. The first-order valence-electron chi connectivity index (χ1n) is 9.80. The third-order valence-corrected chi connectivity index (χ3v) is 5.89. The second-order valence-electron chi connectivity index (χ2n) is 8.45. The number of ether oxygens (including phenoxy) is 1. The summed E-state index contributed by atoms with van der Waals surface area (Å²) in [5, 5.41) is 0.152. The van der Waals surface area contributed by atoms with Gasteiger partial charge in [-0.1, -0.05) is 17.7 Å². The molecule has 0 atom stereocenters. The molecule has 1 aromatic heterocycles. The maximum Gasteiger partial charge on any atom is 0.326 e. The molecule has 1 fully saturated rings. The summed E-state index contributed by atoms with van der Waals surface area (Å²) in [7, 11) is 0. The van der Waals surface area contributed by atoms with E-state index in [1.165, 1.54) is 0 Å². The van der Waals surface area contributed by atoms with Crippen molar-refractivity contribution in [2.75, 3.05) is 6.54 Å². The van der Waals surface area contributed by atoms with Crippen molar-refractivity contribution in [1.82, 2.24) is 9.47 Å². The van der Waals surface area contributed by atoms with Crippen LogP contribution in [0.15, 0.2) is 29.2 Å². The molecular formula is C23H25ClN2O4S. The number of amides is 2. The molecule has 0 aliphatic carbocycles. The van der Waals surface area contributed by atoms with Gasteiger partial charge in [0.25, 0.3) is 11.1 Å². The summed E-state index contributed by atoms with van der Waals surface area (Å²) in [6.07, 6.45) is 1.69. The quantitative estimate of drug-likeness (QED) is 0.449. The minimum Gasteiger partial charge on any atom is -0.459 e. The van der Waals surface area contributed by atoms with E-state index < -0.39 is 29.3 Å². The fourth-order valence-corrected chi connectivity index (χ4v) is 4.40. The third-order valence-electron chi connectivity index (χ3n) is 4.75. The number of halogens is 1. The van der Waals surface area contributed by atoms with Crippen LogP contribution in [0.1, 0.15) is 43.3 Å². The number of aryl methyl sites for hydroxylation is 2. The van der Waals surface area contributed by atoms with Crippen molar-refractivity contribution in [1.29, 1.82) is 0 Å². The number of aromatic nitrogens is 1. The highest BCUT2D eigenvalue weighted by atomic mass is 35.5. The minimum absolute atomic E-state index is 0.275. The molecule has 1 aromatic carbocycles. The number of benzene rings is 1. The van der Waals surface area contributed by atoms with Gasteiger partial charge in [-0.25, -0.2) is 0 Å². The van der Waals surface area contributed by atoms with Gasteiger partial charge >= 0.3 is 5.97 Å². The zero-order valence-electron chi connectivity index (χ0n) is 18.4. The Bertz CT molecular complexity index is 1110. The van der Waals surface area contributed by atoms with Crippen LogP contribution in [-0.4, -0.2) is 38.7 Å². The van der Waals surface area contributed by atoms with E-state index in [0.717, 1.165) is 44.9 Å². The van der Waals surface area contributed by atoms with Crippen molar-refractivity contribution < 1.29 is 19.1 Å². The number of carbonyl (C=O) groups is 3. The Labute approximate surface area is 191 Å². The SMILES string of the molecule is Cc1ccc(Cl)cc1-n1c(C)cc(C=C2SC(=O)N(CC(=O)OC(C)(C)C)C2=O)c1C. The lowest BCUT2D eigenvalue weighted by molar-refractivity contribution is -0.156. The molecule has 0 unspecified atom stereocenters. The summed E-state index contributed by atoms with van der Waals surface area (Å²) in [5.74, 6) is -1.12. The van der Waals surface area contributed by atoms with Crippen LogP contribution in [0.4, 0.5) is 4.79 Å². The van der Waals surface area contributed by atoms with Crippen molar-refractivity contribution >= 4 is 46.6 Å². The lowest BCUT2D eigenvalue weighted by atomic mass is 10.2. The molecule has 1 aliphatic rings. The van der Waals surface area contributed by atoms with Crippen molar-refractivity contribution in [2.24, 2.45) is 0 Å². The van der Waals surface area contributed by atoms with Crippen LogP contribution < -0.4 is 0 Å². The summed E-state index contributed by atoms with van der Waals surface area (Å²) < 4.78 is 7.30. The number of nitrogens with zero attached hydrogens (tertiary/aromatic N) is 2. The van der Waals surface area contributed by atoms with Gasteiger partial charge in [0.05, 0.1) is 4.91 Å². The molecule has 0 radical (unpaired) electrons. The van der Waals surface area contributed by atoms with E-state index in [2.05, 4.69) is 4.57 Å². The van der Waals surface area contributed by atoms with E-state index in [1.54, 1.807) is 26.8 Å². The molecule has 164 valence electrons. The van der Waals surface area contributed by atoms with Crippen molar-refractivity contribution in [3.63, 3.8) is 0 Å². The maximum atomic E-state index is 12.8. The van der Waals surface area contributed by atoms with Gasteiger partial charge in [0.15, 0.2) is 0 Å². The first kappa shape index (κ1) is 23.2. The predicted molar refractivity (Wildman–Crippen MR) is 124 cm³/mol. The highest BCUT2D eigenvalue weighted by Crippen LogP contribution is 2.34. The number of hydrogen-bond donors (Lipinski definition) is 0. The monoisotopic (exact) mass is 460 g/mol. The molecule has 0 saturated carbocycles. The molecule has 2 heterocycles. The van der Waals surface area contributed by atoms with Crippen LogP contribution in [0.25, 0.3) is 11.8 Å². The highest BCUT2D eigenvalue weighted by molar-refractivity contribution is 8.18. The fraction of sp³-hybridized carbons (Fsp3) is 0.348. The van der Waals surface area contributed by atoms with E-state index in [1.807, 2.05) is 45.0 Å². The molecular weight excluding hydrogens is 436 g/mol. The first-order valence-corrected chi connectivity index (χ1v) is 11.0. The van der Waals surface area contributed by atoms with Gasteiger partial charge < -0.3 is 9.30 Å². The van der Waals surface area contributed by atoms with Gasteiger partial charge in [0.1, 0.15) is 12.1 Å². The Hall–Kier alpha value is -2.51. The summed E-state index contributed by atoms with van der Waals surface area (Å²) in [5.41, 5.74) is 4.05. The van der Waals surface area contributed by atoms with Crippen LogP contribution in [0, 0.1) is 20.8 Å². The molecule has 6 nitrogen and oxygen atoms in total. The van der Waals surface area contributed by atoms with Gasteiger partial charge in [-0.05, 0) is 88.7 Å². The number of esters is 1. The normalized spacial score (nSPS) is 15.8. The molecule has 0 N–H and O–H groups in total. The van der Waals surface area contributed by atoms with Gasteiger partial charge in [-0.2, -0.15) is 0 Å². The third kappa shape index (κ3) is 5.05. The second kappa shape index (κ2) is 8.55. The molecule has 2 aromatic rings. The van der Waals surface area contributed by atoms with E-state index >= 15 is 0 Å². The standard InChI is InChI=1S/C23H25ClN2O4S/c1-13-7-8-17(24)11-18(13)26-14(2)9-16(15(26)3)10-19-21(28)25(22(29)31-19)12-20(27)30-23(4,5)6/h7-11H,12H2,1-6H3. The molecule has 31 heavy (non-hydrogen) atoms. The molecule has 2 amide bonds. The van der Waals surface area contributed by atoms with Crippen molar-refractivity contribution in [2.45, 2.75) is 47.1 Å². The van der Waals surface area contributed by atoms with Crippen LogP contribution in [-0.2, 0) is 14.3 Å². The van der Waals surface area contributed by atoms with Gasteiger partial charge in [-0.15, -0.1) is 0 Å². The molecule has 1 aliphatic heterocycles. The van der Waals surface area contributed by atoms with Gasteiger partial charge in [0, 0.05) is 22.1 Å². The topological polar surface area (TPSA) is 68.6 Å². The Kier molecular flexibility index (Phi) is 6.39. The summed E-state index contributed by atoms with van der Waals surface area (Å²) in [4.78, 5) is 38.4. The van der Waals surface area contributed by atoms with Crippen molar-refractivity contribution in [3.8, 4) is 5.69 Å². The Balaban J connectivity index is 1.89. The average Bonchev–Trinajstić information content (AvgIpc) is 3.06. The number of rotatable bonds is 4. The molecule has 0 bridgehead atoms. The zero-order valence-corrected chi connectivity index (χ0v) is 20.0. The number of carbonyl (C=O) groups excluding carboxylic acids is 3. The Morgan fingerprint density at radius 2 is 1.84 bits per heavy atom.